The van der Waals surface area contributed by atoms with Crippen LogP contribution in [-0.4, -0.2) is 108 Å². The molecule has 2 heterocycles. The van der Waals surface area contributed by atoms with Gasteiger partial charge in [0.05, 0.1) is 19.1 Å². The second kappa shape index (κ2) is 18.8. The summed E-state index contributed by atoms with van der Waals surface area (Å²) in [5.74, 6) is -0.446. The third-order valence-electron chi connectivity index (χ3n) is 11.8. The molecule has 5 rings (SSSR count). The molecule has 0 saturated carbocycles. The van der Waals surface area contributed by atoms with Gasteiger partial charge in [0, 0.05) is 29.8 Å². The Morgan fingerprint density at radius 3 is 2.14 bits per heavy atom. The van der Waals surface area contributed by atoms with Gasteiger partial charge in [-0.3, -0.25) is 24.0 Å². The lowest BCUT2D eigenvalue weighted by Gasteiger charge is -2.41. The molecule has 2 aliphatic heterocycles. The first-order chi connectivity index (χ1) is 27.0. The highest BCUT2D eigenvalue weighted by atomic mass is 32.2. The topological polar surface area (TPSA) is 152 Å². The molecule has 0 spiro atoms. The Morgan fingerprint density at radius 1 is 0.842 bits per heavy atom. The van der Waals surface area contributed by atoms with Gasteiger partial charge < -0.3 is 36.4 Å². The Labute approximate surface area is 343 Å². The summed E-state index contributed by atoms with van der Waals surface area (Å²) in [6.07, 6.45) is 3.85. The summed E-state index contributed by atoms with van der Waals surface area (Å²) in [6.45, 7) is 14.8. The largest absolute Gasteiger partial charge is 0.347 e. The number of carbonyl (C=O) groups excluding carboxylic acids is 5. The molecule has 0 radical (unpaired) electrons. The Hall–Kier alpha value is -3.94. The van der Waals surface area contributed by atoms with Crippen LogP contribution in [0.25, 0.3) is 0 Å². The molecule has 5 amide bonds. The lowest BCUT2D eigenvalue weighted by molar-refractivity contribution is -0.144. The molecule has 1 aliphatic carbocycles. The van der Waals surface area contributed by atoms with Crippen LogP contribution in [-0.2, 0) is 43.4 Å². The number of benzene rings is 2. The molecule has 3 unspecified atom stereocenters. The normalized spacial score (nSPS) is 21.8. The fourth-order valence-corrected chi connectivity index (χ4v) is 9.83. The first-order valence-corrected chi connectivity index (χ1v) is 21.6. The molecule has 13 heteroatoms. The number of hydrogen-bond acceptors (Lipinski definition) is 8. The van der Waals surface area contributed by atoms with Crippen LogP contribution < -0.4 is 26.6 Å². The SMILES string of the molecule is CCSC(C)(C)C(NC(=O)CNC)C(=O)N1Cc2cc(C3C[C@@H](C(=O)N[C@@H]4CCCc5ccccc54)N(C(=O)[C@@H](NC(=O)CNC)C(C)(C)C)C3)ccc2CC1C. The number of aryl methyl sites for hydroxylation is 1. The van der Waals surface area contributed by atoms with Gasteiger partial charge in [-0.15, -0.1) is 0 Å². The van der Waals surface area contributed by atoms with Crippen LogP contribution in [0.5, 0.6) is 0 Å². The average Bonchev–Trinajstić information content (AvgIpc) is 3.61. The minimum absolute atomic E-state index is 0.0682. The van der Waals surface area contributed by atoms with E-state index in [1.807, 2.05) is 51.7 Å². The monoisotopic (exact) mass is 803 g/mol. The van der Waals surface area contributed by atoms with E-state index in [1.54, 1.807) is 30.8 Å². The zero-order valence-electron chi connectivity index (χ0n) is 35.4. The van der Waals surface area contributed by atoms with Gasteiger partial charge in [0.25, 0.3) is 0 Å². The van der Waals surface area contributed by atoms with Crippen molar-refractivity contribution in [1.82, 2.24) is 36.4 Å². The number of likely N-dealkylation sites (tertiary alicyclic amines) is 1. The minimum Gasteiger partial charge on any atom is -0.347 e. The van der Waals surface area contributed by atoms with Crippen molar-refractivity contribution in [2.75, 3.05) is 39.5 Å². The second-order valence-electron chi connectivity index (χ2n) is 17.6. The van der Waals surface area contributed by atoms with Crippen LogP contribution in [0.1, 0.15) is 108 Å². The molecule has 6 atom stereocenters. The lowest BCUT2D eigenvalue weighted by atomic mass is 9.85. The van der Waals surface area contributed by atoms with E-state index in [9.17, 15) is 24.0 Å². The smallest absolute Gasteiger partial charge is 0.247 e. The lowest BCUT2D eigenvalue weighted by Crippen LogP contribution is -2.60. The number of nitrogens with one attached hydrogen (secondary N) is 5. The summed E-state index contributed by atoms with van der Waals surface area (Å²) < 4.78 is -0.538. The predicted molar refractivity (Wildman–Crippen MR) is 227 cm³/mol. The van der Waals surface area contributed by atoms with Gasteiger partial charge in [-0.2, -0.15) is 11.8 Å². The molecule has 57 heavy (non-hydrogen) atoms. The van der Waals surface area contributed by atoms with Crippen LogP contribution in [0.15, 0.2) is 42.5 Å². The third kappa shape index (κ3) is 10.4. The molecular formula is C44H65N7O5S. The average molecular weight is 804 g/mol. The van der Waals surface area contributed by atoms with Gasteiger partial charge in [-0.05, 0) is 106 Å². The number of amides is 5. The molecule has 312 valence electrons. The molecular weight excluding hydrogens is 739 g/mol. The number of rotatable bonds is 14. The first-order valence-electron chi connectivity index (χ1n) is 20.6. The number of thioether (sulfide) groups is 1. The summed E-state index contributed by atoms with van der Waals surface area (Å²) in [7, 11) is 3.39. The molecule has 3 aliphatic rings. The standard InChI is InChI=1S/C44H65N7O5S/c1-10-57-44(6,7)39(49-37(53)24-46-9)42(56)50-25-31-21-30(19-18-29(31)20-27(50)2)32-22-35(40(54)47-34-17-13-15-28-14-11-12-16-33(28)34)51(26-32)41(55)38(43(3,4)5)48-36(52)23-45-8/h11-12,14,16,18-19,21,27,32,34-35,38-39,45-46H,10,13,15,17,20,22-26H2,1-9H3,(H,47,54)(H,48,52)(H,49,53)/t27?,32?,34-,35+,38-,39?/m1/s1. The number of likely N-dealkylation sites (N-methyl/N-ethyl adjacent to an activating group) is 2. The van der Waals surface area contributed by atoms with E-state index in [0.29, 0.717) is 25.9 Å². The van der Waals surface area contributed by atoms with Gasteiger partial charge in [0.1, 0.15) is 18.1 Å². The molecule has 12 nitrogen and oxygen atoms in total. The van der Waals surface area contributed by atoms with Crippen LogP contribution in [0, 0.1) is 5.41 Å². The highest BCUT2D eigenvalue weighted by Gasteiger charge is 2.46. The maximum absolute atomic E-state index is 14.6. The van der Waals surface area contributed by atoms with Crippen LogP contribution in [0.2, 0.25) is 0 Å². The maximum atomic E-state index is 14.6. The molecule has 0 bridgehead atoms. The van der Waals surface area contributed by atoms with Crippen LogP contribution in [0.3, 0.4) is 0 Å². The summed E-state index contributed by atoms with van der Waals surface area (Å²) in [4.78, 5) is 72.7. The van der Waals surface area contributed by atoms with Gasteiger partial charge in [-0.25, -0.2) is 0 Å². The Balaban J connectivity index is 1.44. The molecule has 5 N–H and O–H groups in total. The highest BCUT2D eigenvalue weighted by Crippen LogP contribution is 2.38. The third-order valence-corrected chi connectivity index (χ3v) is 13.1. The van der Waals surface area contributed by atoms with E-state index < -0.39 is 28.3 Å². The van der Waals surface area contributed by atoms with Crippen LogP contribution in [0.4, 0.5) is 0 Å². The van der Waals surface area contributed by atoms with Crippen molar-refractivity contribution in [3.63, 3.8) is 0 Å². The zero-order chi connectivity index (χ0) is 41.7. The van der Waals surface area contributed by atoms with E-state index >= 15 is 0 Å². The predicted octanol–water partition coefficient (Wildman–Crippen LogP) is 3.82. The van der Waals surface area contributed by atoms with E-state index in [2.05, 4.69) is 70.8 Å². The van der Waals surface area contributed by atoms with Crippen molar-refractivity contribution in [3.05, 3.63) is 70.3 Å². The van der Waals surface area contributed by atoms with Gasteiger partial charge >= 0.3 is 0 Å². The number of fused-ring (bicyclic) bond motifs is 2. The van der Waals surface area contributed by atoms with E-state index in [4.69, 9.17) is 0 Å². The summed E-state index contributed by atoms with van der Waals surface area (Å²) in [5, 5.41) is 15.1. The molecule has 1 saturated heterocycles. The van der Waals surface area contributed by atoms with E-state index in [0.717, 1.165) is 47.3 Å². The second-order valence-corrected chi connectivity index (χ2v) is 19.5. The van der Waals surface area contributed by atoms with E-state index in [1.165, 1.54) is 5.56 Å². The number of carbonyl (C=O) groups is 5. The van der Waals surface area contributed by atoms with Crippen molar-refractivity contribution in [3.8, 4) is 0 Å². The van der Waals surface area contributed by atoms with Gasteiger partial charge in [0.2, 0.25) is 29.5 Å². The number of hydrogen-bond donors (Lipinski definition) is 5. The van der Waals surface area contributed by atoms with Gasteiger partial charge in [0.15, 0.2) is 0 Å². The zero-order valence-corrected chi connectivity index (χ0v) is 36.2. The molecule has 1 fully saturated rings. The van der Waals surface area contributed by atoms with Crippen molar-refractivity contribution in [2.45, 2.75) is 128 Å². The Kier molecular flexibility index (Phi) is 14.5. The van der Waals surface area contributed by atoms with Crippen LogP contribution >= 0.6 is 11.8 Å². The van der Waals surface area contributed by atoms with Crippen molar-refractivity contribution in [1.29, 1.82) is 0 Å². The van der Waals surface area contributed by atoms with Gasteiger partial charge in [-0.1, -0.05) is 70.2 Å². The Morgan fingerprint density at radius 2 is 1.49 bits per heavy atom. The summed E-state index contributed by atoms with van der Waals surface area (Å²) in [5.41, 5.74) is 4.93. The van der Waals surface area contributed by atoms with Crippen molar-refractivity contribution in [2.24, 2.45) is 5.41 Å². The van der Waals surface area contributed by atoms with Crippen molar-refractivity contribution < 1.29 is 24.0 Å². The Bertz CT molecular complexity index is 1790. The fourth-order valence-electron chi connectivity index (χ4n) is 8.76. The minimum atomic E-state index is -0.843. The fraction of sp³-hybridized carbons (Fsp3) is 0.614. The summed E-state index contributed by atoms with van der Waals surface area (Å²) in [6, 6.07) is 12.1. The number of nitrogens with zero attached hydrogens (tertiary/aromatic N) is 2. The first kappa shape index (κ1) is 44.2. The maximum Gasteiger partial charge on any atom is 0.247 e. The molecule has 0 aromatic heterocycles. The molecule has 2 aromatic rings. The summed E-state index contributed by atoms with van der Waals surface area (Å²) >= 11 is 1.65. The van der Waals surface area contributed by atoms with E-state index in [-0.39, 0.29) is 60.6 Å². The quantitative estimate of drug-likeness (QED) is 0.194. The van der Waals surface area contributed by atoms with Crippen molar-refractivity contribution >= 4 is 41.3 Å². The molecule has 2 aromatic carbocycles. The highest BCUT2D eigenvalue weighted by molar-refractivity contribution is 8.00.